The maximum Gasteiger partial charge on any atom is 0.155 e. The van der Waals surface area contributed by atoms with E-state index in [2.05, 4.69) is 0 Å². The lowest BCUT2D eigenvalue weighted by molar-refractivity contribution is -0.114. The van der Waals surface area contributed by atoms with Gasteiger partial charge in [-0.3, -0.25) is 4.79 Å². The van der Waals surface area contributed by atoms with Crippen molar-refractivity contribution in [3.63, 3.8) is 0 Å². The Hall–Kier alpha value is -1.44. The molecule has 1 aromatic carbocycles. The zero-order valence-electron chi connectivity index (χ0n) is 8.72. The molecule has 1 nitrogen and oxygen atoms in total. The van der Waals surface area contributed by atoms with Crippen molar-refractivity contribution in [2.45, 2.75) is 26.2 Å². The van der Waals surface area contributed by atoms with E-state index in [4.69, 9.17) is 0 Å². The number of halogens is 1. The highest BCUT2D eigenvalue weighted by molar-refractivity contribution is 5.93. The largest absolute Gasteiger partial charge is 0.295 e. The molecule has 0 unspecified atom stereocenters. The summed E-state index contributed by atoms with van der Waals surface area (Å²) < 4.78 is 12.9. The first kappa shape index (κ1) is 10.1. The molecule has 15 heavy (non-hydrogen) atoms. The van der Waals surface area contributed by atoms with Gasteiger partial charge in [-0.1, -0.05) is 11.6 Å². The Kier molecular flexibility index (Phi) is 2.67. The van der Waals surface area contributed by atoms with Crippen LogP contribution in [0.5, 0.6) is 0 Å². The third kappa shape index (κ3) is 2.32. The minimum Gasteiger partial charge on any atom is -0.295 e. The average Bonchev–Trinajstić information content (AvgIpc) is 2.56. The Labute approximate surface area is 88.6 Å². The summed E-state index contributed by atoms with van der Waals surface area (Å²) in [6.45, 7) is 1.90. The van der Waals surface area contributed by atoms with Crippen molar-refractivity contribution in [1.82, 2.24) is 0 Å². The first-order chi connectivity index (χ1) is 7.15. The van der Waals surface area contributed by atoms with E-state index in [0.717, 1.165) is 29.5 Å². The molecule has 0 atom stereocenters. The van der Waals surface area contributed by atoms with Gasteiger partial charge in [0, 0.05) is 6.42 Å². The number of allylic oxidation sites excluding steroid dienone is 2. The van der Waals surface area contributed by atoms with E-state index in [1.807, 2.05) is 6.92 Å². The molecular weight excluding hydrogens is 191 g/mol. The van der Waals surface area contributed by atoms with Gasteiger partial charge in [0.2, 0.25) is 0 Å². The number of hydrogen-bond acceptors (Lipinski definition) is 1. The summed E-state index contributed by atoms with van der Waals surface area (Å²) in [5.41, 5.74) is 3.22. The van der Waals surface area contributed by atoms with Crippen LogP contribution in [-0.4, -0.2) is 5.78 Å². The standard InChI is InChI=1S/C13H13FO/c1-9-6-12(14)4-3-11(9)7-10-2-5-13(15)8-10/h3-4,6,8H,2,5,7H2,1H3. The second-order valence-corrected chi connectivity index (χ2v) is 4.02. The van der Waals surface area contributed by atoms with Crippen molar-refractivity contribution in [2.24, 2.45) is 0 Å². The minimum absolute atomic E-state index is 0.201. The van der Waals surface area contributed by atoms with Crippen LogP contribution in [0.15, 0.2) is 29.8 Å². The maximum atomic E-state index is 12.9. The molecule has 0 amide bonds. The van der Waals surface area contributed by atoms with E-state index in [1.54, 1.807) is 12.1 Å². The highest BCUT2D eigenvalue weighted by atomic mass is 19.1. The summed E-state index contributed by atoms with van der Waals surface area (Å²) in [5, 5.41) is 0. The fraction of sp³-hybridized carbons (Fsp3) is 0.308. The number of aryl methyl sites for hydroxylation is 1. The summed E-state index contributed by atoms with van der Waals surface area (Å²) in [7, 11) is 0. The van der Waals surface area contributed by atoms with Crippen LogP contribution in [0.2, 0.25) is 0 Å². The number of rotatable bonds is 2. The van der Waals surface area contributed by atoms with Gasteiger partial charge in [-0.2, -0.15) is 0 Å². The summed E-state index contributed by atoms with van der Waals surface area (Å²) in [6, 6.07) is 4.81. The molecule has 0 saturated heterocycles. The summed E-state index contributed by atoms with van der Waals surface area (Å²) >= 11 is 0. The molecule has 0 fully saturated rings. The van der Waals surface area contributed by atoms with Crippen molar-refractivity contribution in [3.05, 3.63) is 46.8 Å². The molecule has 0 spiro atoms. The fourth-order valence-corrected chi connectivity index (χ4v) is 1.90. The Morgan fingerprint density at radius 2 is 2.13 bits per heavy atom. The molecule has 78 valence electrons. The minimum atomic E-state index is -0.201. The Morgan fingerprint density at radius 3 is 2.73 bits per heavy atom. The van der Waals surface area contributed by atoms with Crippen molar-refractivity contribution in [2.75, 3.05) is 0 Å². The molecule has 2 heteroatoms. The van der Waals surface area contributed by atoms with Gasteiger partial charge in [-0.05, 0) is 49.1 Å². The van der Waals surface area contributed by atoms with Crippen LogP contribution in [-0.2, 0) is 11.2 Å². The van der Waals surface area contributed by atoms with Crippen LogP contribution in [0.3, 0.4) is 0 Å². The Balaban J connectivity index is 2.18. The van der Waals surface area contributed by atoms with Crippen LogP contribution in [0.25, 0.3) is 0 Å². The molecule has 0 aromatic heterocycles. The van der Waals surface area contributed by atoms with Crippen LogP contribution in [0.4, 0.5) is 4.39 Å². The summed E-state index contributed by atoms with van der Waals surface area (Å²) in [6.07, 6.45) is 3.99. The molecule has 0 heterocycles. The van der Waals surface area contributed by atoms with Crippen LogP contribution < -0.4 is 0 Å². The summed E-state index contributed by atoms with van der Waals surface area (Å²) in [4.78, 5) is 11.0. The lowest BCUT2D eigenvalue weighted by atomic mass is 10.0. The smallest absolute Gasteiger partial charge is 0.155 e. The second kappa shape index (κ2) is 3.97. The van der Waals surface area contributed by atoms with Gasteiger partial charge in [0.15, 0.2) is 5.78 Å². The van der Waals surface area contributed by atoms with Gasteiger partial charge >= 0.3 is 0 Å². The van der Waals surface area contributed by atoms with Gasteiger partial charge in [0.1, 0.15) is 5.82 Å². The third-order valence-corrected chi connectivity index (χ3v) is 2.78. The SMILES string of the molecule is Cc1cc(F)ccc1CC1=CC(=O)CC1. The van der Waals surface area contributed by atoms with Gasteiger partial charge in [-0.15, -0.1) is 0 Å². The van der Waals surface area contributed by atoms with Gasteiger partial charge in [0.25, 0.3) is 0 Å². The first-order valence-electron chi connectivity index (χ1n) is 5.12. The van der Waals surface area contributed by atoms with Crippen LogP contribution in [0, 0.1) is 12.7 Å². The number of ketones is 1. The monoisotopic (exact) mass is 204 g/mol. The molecule has 1 aromatic rings. The van der Waals surface area contributed by atoms with Crippen molar-refractivity contribution in [3.8, 4) is 0 Å². The zero-order chi connectivity index (χ0) is 10.8. The lowest BCUT2D eigenvalue weighted by Gasteiger charge is -2.05. The second-order valence-electron chi connectivity index (χ2n) is 4.02. The number of carbonyl (C=O) groups is 1. The molecule has 0 saturated carbocycles. The van der Waals surface area contributed by atoms with Crippen molar-refractivity contribution >= 4 is 5.78 Å². The van der Waals surface area contributed by atoms with Crippen molar-refractivity contribution in [1.29, 1.82) is 0 Å². The van der Waals surface area contributed by atoms with Gasteiger partial charge in [0.05, 0.1) is 0 Å². The third-order valence-electron chi connectivity index (χ3n) is 2.78. The predicted octanol–water partition coefficient (Wildman–Crippen LogP) is 2.97. The zero-order valence-corrected chi connectivity index (χ0v) is 8.72. The molecule has 2 rings (SSSR count). The number of benzene rings is 1. The number of hydrogen-bond donors (Lipinski definition) is 0. The molecule has 0 aliphatic heterocycles. The van der Waals surface area contributed by atoms with Crippen LogP contribution in [0.1, 0.15) is 24.0 Å². The van der Waals surface area contributed by atoms with E-state index in [-0.39, 0.29) is 11.6 Å². The van der Waals surface area contributed by atoms with E-state index in [9.17, 15) is 9.18 Å². The molecule has 1 aliphatic rings. The average molecular weight is 204 g/mol. The molecule has 0 N–H and O–H groups in total. The van der Waals surface area contributed by atoms with Gasteiger partial charge in [-0.25, -0.2) is 4.39 Å². The first-order valence-corrected chi connectivity index (χ1v) is 5.12. The fourth-order valence-electron chi connectivity index (χ4n) is 1.90. The normalized spacial score (nSPS) is 15.6. The quantitative estimate of drug-likeness (QED) is 0.723. The van der Waals surface area contributed by atoms with Crippen LogP contribution >= 0.6 is 0 Å². The molecule has 0 radical (unpaired) electrons. The summed E-state index contributed by atoms with van der Waals surface area (Å²) in [5.74, 6) is 0.0116. The predicted molar refractivity (Wildman–Crippen MR) is 57.2 cm³/mol. The Bertz CT molecular complexity index is 432. The van der Waals surface area contributed by atoms with E-state index in [1.165, 1.54) is 12.1 Å². The lowest BCUT2D eigenvalue weighted by Crippen LogP contribution is -1.92. The van der Waals surface area contributed by atoms with E-state index in [0.29, 0.717) is 6.42 Å². The highest BCUT2D eigenvalue weighted by Gasteiger charge is 2.12. The molecule has 0 bridgehead atoms. The van der Waals surface area contributed by atoms with E-state index >= 15 is 0 Å². The molecule has 1 aliphatic carbocycles. The number of carbonyl (C=O) groups excluding carboxylic acids is 1. The van der Waals surface area contributed by atoms with Crippen molar-refractivity contribution < 1.29 is 9.18 Å². The van der Waals surface area contributed by atoms with Gasteiger partial charge < -0.3 is 0 Å². The molecular formula is C13H13FO. The van der Waals surface area contributed by atoms with E-state index < -0.39 is 0 Å². The maximum absolute atomic E-state index is 12.9. The topological polar surface area (TPSA) is 17.1 Å². The highest BCUT2D eigenvalue weighted by Crippen LogP contribution is 2.21. The Morgan fingerprint density at radius 1 is 1.33 bits per heavy atom.